The van der Waals surface area contributed by atoms with E-state index in [0.29, 0.717) is 23.6 Å². The second-order valence-corrected chi connectivity index (χ2v) is 5.34. The standard InChI is InChI=1S/C12H13ClO3S/c1-16-10-8(13)5-7(6-9(10)17-2)12(3-4-12)11(14)15/h5-6H,3-4H2,1-2H3,(H,14,15). The minimum absolute atomic E-state index is 0.474. The highest BCUT2D eigenvalue weighted by molar-refractivity contribution is 7.98. The Balaban J connectivity index is 2.51. The SMILES string of the molecule is COc1c(Cl)cc(C2(C(=O)O)CC2)cc1SC. The van der Waals surface area contributed by atoms with Crippen LogP contribution in [-0.4, -0.2) is 24.4 Å². The smallest absolute Gasteiger partial charge is 0.314 e. The van der Waals surface area contributed by atoms with E-state index in [-0.39, 0.29) is 0 Å². The highest BCUT2D eigenvalue weighted by Gasteiger charge is 2.52. The Morgan fingerprint density at radius 2 is 2.18 bits per heavy atom. The Hall–Kier alpha value is -0.870. The molecule has 5 heteroatoms. The van der Waals surface area contributed by atoms with Gasteiger partial charge in [-0.15, -0.1) is 11.8 Å². The number of ether oxygens (including phenoxy) is 1. The van der Waals surface area contributed by atoms with E-state index in [0.717, 1.165) is 10.5 Å². The average molecular weight is 273 g/mol. The summed E-state index contributed by atoms with van der Waals surface area (Å²) in [6, 6.07) is 3.58. The van der Waals surface area contributed by atoms with Gasteiger partial charge in [-0.25, -0.2) is 0 Å². The van der Waals surface area contributed by atoms with Crippen LogP contribution in [0.4, 0.5) is 0 Å². The van der Waals surface area contributed by atoms with E-state index < -0.39 is 11.4 Å². The molecule has 0 amide bonds. The molecule has 1 saturated carbocycles. The first-order chi connectivity index (χ1) is 8.05. The zero-order valence-corrected chi connectivity index (χ0v) is 11.2. The van der Waals surface area contributed by atoms with Crippen molar-refractivity contribution in [2.24, 2.45) is 0 Å². The summed E-state index contributed by atoms with van der Waals surface area (Å²) in [5.74, 6) is -0.158. The third-order valence-corrected chi connectivity index (χ3v) is 4.17. The number of benzene rings is 1. The molecular formula is C12H13ClO3S. The van der Waals surface area contributed by atoms with Crippen molar-refractivity contribution < 1.29 is 14.6 Å². The first kappa shape index (κ1) is 12.6. The van der Waals surface area contributed by atoms with Crippen molar-refractivity contribution in [2.75, 3.05) is 13.4 Å². The summed E-state index contributed by atoms with van der Waals surface area (Å²) in [7, 11) is 1.56. The summed E-state index contributed by atoms with van der Waals surface area (Å²) in [5.41, 5.74) is 0.0561. The van der Waals surface area contributed by atoms with Crippen LogP contribution in [0, 0.1) is 0 Å². The fourth-order valence-corrected chi connectivity index (χ4v) is 2.92. The van der Waals surface area contributed by atoms with E-state index in [2.05, 4.69) is 0 Å². The van der Waals surface area contributed by atoms with Crippen LogP contribution in [0.2, 0.25) is 5.02 Å². The van der Waals surface area contributed by atoms with Crippen LogP contribution in [0.15, 0.2) is 17.0 Å². The number of rotatable bonds is 4. The van der Waals surface area contributed by atoms with E-state index >= 15 is 0 Å². The Bertz CT molecular complexity index is 469. The zero-order valence-electron chi connectivity index (χ0n) is 9.62. The van der Waals surface area contributed by atoms with Gasteiger partial charge in [0.15, 0.2) is 5.75 Å². The van der Waals surface area contributed by atoms with Crippen molar-refractivity contribution in [1.82, 2.24) is 0 Å². The Morgan fingerprint density at radius 1 is 1.53 bits per heavy atom. The maximum atomic E-state index is 11.3. The van der Waals surface area contributed by atoms with Gasteiger partial charge in [0, 0.05) is 0 Å². The molecule has 17 heavy (non-hydrogen) atoms. The monoisotopic (exact) mass is 272 g/mol. The molecule has 0 spiro atoms. The lowest BCUT2D eigenvalue weighted by molar-refractivity contribution is -0.140. The van der Waals surface area contributed by atoms with Gasteiger partial charge in [-0.2, -0.15) is 0 Å². The number of halogens is 1. The van der Waals surface area contributed by atoms with E-state index in [1.165, 1.54) is 11.8 Å². The predicted molar refractivity (Wildman–Crippen MR) is 68.3 cm³/mol. The number of carboxylic acids is 1. The second-order valence-electron chi connectivity index (χ2n) is 4.08. The molecule has 1 fully saturated rings. The Labute approximate surface area is 109 Å². The molecule has 0 aliphatic heterocycles. The van der Waals surface area contributed by atoms with Crippen LogP contribution in [0.1, 0.15) is 18.4 Å². The average Bonchev–Trinajstić information content (AvgIpc) is 3.08. The summed E-state index contributed by atoms with van der Waals surface area (Å²) >= 11 is 7.62. The maximum Gasteiger partial charge on any atom is 0.314 e. The zero-order chi connectivity index (χ0) is 12.6. The van der Waals surface area contributed by atoms with Gasteiger partial charge in [-0.1, -0.05) is 11.6 Å². The number of aliphatic carboxylic acids is 1. The molecular weight excluding hydrogens is 260 g/mol. The van der Waals surface area contributed by atoms with Crippen molar-refractivity contribution in [2.45, 2.75) is 23.2 Å². The van der Waals surface area contributed by atoms with Gasteiger partial charge < -0.3 is 9.84 Å². The molecule has 1 aromatic carbocycles. The molecule has 1 N–H and O–H groups in total. The molecule has 3 nitrogen and oxygen atoms in total. The molecule has 0 radical (unpaired) electrons. The van der Waals surface area contributed by atoms with Crippen molar-refractivity contribution in [3.05, 3.63) is 22.7 Å². The Morgan fingerprint density at radius 3 is 2.59 bits per heavy atom. The molecule has 1 aliphatic rings. The molecule has 1 aromatic rings. The largest absolute Gasteiger partial charge is 0.494 e. The fraction of sp³-hybridized carbons (Fsp3) is 0.417. The van der Waals surface area contributed by atoms with Crippen molar-refractivity contribution in [1.29, 1.82) is 0 Å². The van der Waals surface area contributed by atoms with Crippen LogP contribution >= 0.6 is 23.4 Å². The first-order valence-electron chi connectivity index (χ1n) is 5.20. The van der Waals surface area contributed by atoms with Gasteiger partial charge in [0.1, 0.15) is 0 Å². The summed E-state index contributed by atoms with van der Waals surface area (Å²) in [5, 5.41) is 9.73. The highest BCUT2D eigenvalue weighted by atomic mass is 35.5. The molecule has 92 valence electrons. The van der Waals surface area contributed by atoms with E-state index in [4.69, 9.17) is 16.3 Å². The predicted octanol–water partition coefficient (Wildman–Crippen LogP) is 3.19. The molecule has 2 rings (SSSR count). The number of hydrogen-bond acceptors (Lipinski definition) is 3. The van der Waals surface area contributed by atoms with E-state index in [1.807, 2.05) is 12.3 Å². The number of thioether (sulfide) groups is 1. The molecule has 0 aromatic heterocycles. The fourth-order valence-electron chi connectivity index (χ4n) is 1.95. The van der Waals surface area contributed by atoms with Gasteiger partial charge in [0.05, 0.1) is 22.4 Å². The lowest BCUT2D eigenvalue weighted by atomic mass is 9.96. The van der Waals surface area contributed by atoms with Crippen molar-refractivity contribution in [3.63, 3.8) is 0 Å². The van der Waals surface area contributed by atoms with Gasteiger partial charge in [0.2, 0.25) is 0 Å². The summed E-state index contributed by atoms with van der Waals surface area (Å²) in [4.78, 5) is 12.1. The summed E-state index contributed by atoms with van der Waals surface area (Å²) < 4.78 is 5.22. The van der Waals surface area contributed by atoms with Gasteiger partial charge in [0.25, 0.3) is 0 Å². The van der Waals surface area contributed by atoms with Crippen LogP contribution < -0.4 is 4.74 Å². The quantitative estimate of drug-likeness (QED) is 0.855. The number of carboxylic acid groups (broad SMARTS) is 1. The minimum atomic E-state index is -0.772. The van der Waals surface area contributed by atoms with Crippen molar-refractivity contribution in [3.8, 4) is 5.75 Å². The van der Waals surface area contributed by atoms with E-state index in [9.17, 15) is 9.90 Å². The third kappa shape index (κ3) is 2.00. The number of carbonyl (C=O) groups is 1. The maximum absolute atomic E-state index is 11.3. The molecule has 0 unspecified atom stereocenters. The van der Waals surface area contributed by atoms with Crippen LogP contribution in [-0.2, 0) is 10.2 Å². The number of methoxy groups -OCH3 is 1. The first-order valence-corrected chi connectivity index (χ1v) is 6.81. The molecule has 0 saturated heterocycles. The molecule has 0 heterocycles. The van der Waals surface area contributed by atoms with Gasteiger partial charge >= 0.3 is 5.97 Å². The third-order valence-electron chi connectivity index (χ3n) is 3.15. The van der Waals surface area contributed by atoms with Crippen molar-refractivity contribution >= 4 is 29.3 Å². The molecule has 0 bridgehead atoms. The lowest BCUT2D eigenvalue weighted by Gasteiger charge is -2.15. The summed E-state index contributed by atoms with van der Waals surface area (Å²) in [6.45, 7) is 0. The lowest BCUT2D eigenvalue weighted by Crippen LogP contribution is -2.19. The normalized spacial score (nSPS) is 16.6. The topological polar surface area (TPSA) is 46.5 Å². The highest BCUT2D eigenvalue weighted by Crippen LogP contribution is 2.51. The summed E-state index contributed by atoms with van der Waals surface area (Å²) in [6.07, 6.45) is 3.27. The van der Waals surface area contributed by atoms with Gasteiger partial charge in [-0.05, 0) is 36.8 Å². The molecule has 1 aliphatic carbocycles. The van der Waals surface area contributed by atoms with Crippen LogP contribution in [0.5, 0.6) is 5.75 Å². The number of hydrogen-bond donors (Lipinski definition) is 1. The minimum Gasteiger partial charge on any atom is -0.494 e. The molecule has 0 atom stereocenters. The van der Waals surface area contributed by atoms with E-state index in [1.54, 1.807) is 13.2 Å². The van der Waals surface area contributed by atoms with Crippen LogP contribution in [0.3, 0.4) is 0 Å². The van der Waals surface area contributed by atoms with Crippen LogP contribution in [0.25, 0.3) is 0 Å². The van der Waals surface area contributed by atoms with Gasteiger partial charge in [-0.3, -0.25) is 4.79 Å². The second kappa shape index (κ2) is 4.42. The Kier molecular flexibility index (Phi) is 3.27.